The molecule has 0 saturated carbocycles. The van der Waals surface area contributed by atoms with E-state index in [2.05, 4.69) is 6.92 Å². The molecule has 0 spiro atoms. The van der Waals surface area contributed by atoms with Crippen LogP contribution in [0.5, 0.6) is 0 Å². The summed E-state index contributed by atoms with van der Waals surface area (Å²) in [6.07, 6.45) is 6.66. The van der Waals surface area contributed by atoms with E-state index in [1.165, 1.54) is 58.8 Å². The maximum atomic E-state index is 14.6. The summed E-state index contributed by atoms with van der Waals surface area (Å²) >= 11 is 0. The van der Waals surface area contributed by atoms with Gasteiger partial charge in [0.1, 0.15) is 6.04 Å². The molecule has 0 aliphatic rings. The van der Waals surface area contributed by atoms with Gasteiger partial charge in [-0.15, -0.1) is 0 Å². The molecule has 0 heterocycles. The number of nitrogens with zero attached hydrogens (tertiary/aromatic N) is 1. The van der Waals surface area contributed by atoms with Crippen molar-refractivity contribution in [2.24, 2.45) is 5.92 Å². The molecule has 0 aromatic carbocycles. The van der Waals surface area contributed by atoms with E-state index >= 15 is 0 Å². The van der Waals surface area contributed by atoms with Crippen LogP contribution in [-0.2, 0) is 14.3 Å². The van der Waals surface area contributed by atoms with Crippen molar-refractivity contribution in [3.05, 3.63) is 0 Å². The van der Waals surface area contributed by atoms with Gasteiger partial charge in [0.25, 0.3) is 5.91 Å². The average molecular weight is 780 g/mol. The molecule has 4 nitrogen and oxygen atoms in total. The molecule has 19 heteroatoms. The van der Waals surface area contributed by atoms with Crippen molar-refractivity contribution in [3.63, 3.8) is 0 Å². The first kappa shape index (κ1) is 48.9. The standard InChI is InChI=1S/C32H48F15NO3/c1-5-6-7-8-9-10-11-12-13-14-15-16-17-18-19-20-51-24(49)23(21-22(2)3)48(4)25(50)26(33,34)27(35,36)28(37,38)29(39,40)30(41,42)31(43,44)32(45,46)47/h22-23H,5-21H2,1-4H3. The Morgan fingerprint density at radius 2 is 0.863 bits per heavy atom. The van der Waals surface area contributed by atoms with E-state index in [1.54, 1.807) is 0 Å². The summed E-state index contributed by atoms with van der Waals surface area (Å²) in [5.41, 5.74) is 0. The minimum absolute atomic E-state index is 0.164. The molecule has 0 saturated heterocycles. The molecule has 0 aromatic rings. The van der Waals surface area contributed by atoms with E-state index < -0.39 is 76.9 Å². The highest BCUT2D eigenvalue weighted by molar-refractivity contribution is 5.89. The third kappa shape index (κ3) is 11.9. The third-order valence-corrected chi connectivity index (χ3v) is 8.34. The van der Waals surface area contributed by atoms with Gasteiger partial charge in [0.2, 0.25) is 0 Å². The zero-order valence-corrected chi connectivity index (χ0v) is 29.0. The fraction of sp³-hybridized carbons (Fsp3) is 0.938. The molecule has 0 aliphatic carbocycles. The lowest BCUT2D eigenvalue weighted by Gasteiger charge is -2.42. The van der Waals surface area contributed by atoms with E-state index in [4.69, 9.17) is 4.74 Å². The van der Waals surface area contributed by atoms with Crippen LogP contribution in [-0.4, -0.2) is 78.2 Å². The van der Waals surface area contributed by atoms with Crippen molar-refractivity contribution in [1.82, 2.24) is 4.90 Å². The van der Waals surface area contributed by atoms with Gasteiger partial charge in [0, 0.05) is 7.05 Å². The molecule has 304 valence electrons. The number of likely N-dealkylation sites (N-methyl/N-ethyl adjacent to an activating group) is 1. The molecular formula is C32H48F15NO3. The Labute approximate surface area is 288 Å². The van der Waals surface area contributed by atoms with Crippen molar-refractivity contribution in [2.75, 3.05) is 13.7 Å². The van der Waals surface area contributed by atoms with Gasteiger partial charge >= 0.3 is 47.7 Å². The third-order valence-electron chi connectivity index (χ3n) is 8.34. The summed E-state index contributed by atoms with van der Waals surface area (Å²) in [6, 6.07) is -2.25. The summed E-state index contributed by atoms with van der Waals surface area (Å²) in [7, 11) is 0.164. The van der Waals surface area contributed by atoms with Crippen LogP contribution in [0.25, 0.3) is 0 Å². The van der Waals surface area contributed by atoms with Crippen LogP contribution < -0.4 is 0 Å². The second kappa shape index (κ2) is 19.8. The lowest BCUT2D eigenvalue weighted by Crippen LogP contribution is -2.74. The van der Waals surface area contributed by atoms with Crippen LogP contribution in [0.2, 0.25) is 0 Å². The van der Waals surface area contributed by atoms with Gasteiger partial charge in [-0.2, -0.15) is 65.9 Å². The van der Waals surface area contributed by atoms with Gasteiger partial charge in [-0.3, -0.25) is 4.79 Å². The van der Waals surface area contributed by atoms with Crippen LogP contribution in [0.1, 0.15) is 124 Å². The molecule has 0 fully saturated rings. The predicted octanol–water partition coefficient (Wildman–Crippen LogP) is 11.6. The number of carbonyl (C=O) groups is 2. The largest absolute Gasteiger partial charge is 0.464 e. The Morgan fingerprint density at radius 3 is 1.22 bits per heavy atom. The van der Waals surface area contributed by atoms with Crippen molar-refractivity contribution in [3.8, 4) is 0 Å². The number of rotatable bonds is 26. The van der Waals surface area contributed by atoms with Gasteiger partial charge in [0.15, 0.2) is 0 Å². The van der Waals surface area contributed by atoms with Crippen molar-refractivity contribution in [1.29, 1.82) is 0 Å². The van der Waals surface area contributed by atoms with Crippen LogP contribution in [0.4, 0.5) is 65.9 Å². The number of hydrogen-bond acceptors (Lipinski definition) is 3. The lowest BCUT2D eigenvalue weighted by molar-refractivity contribution is -0.449. The van der Waals surface area contributed by atoms with Gasteiger partial charge in [0.05, 0.1) is 6.61 Å². The number of carbonyl (C=O) groups excluding carboxylic acids is 2. The van der Waals surface area contributed by atoms with E-state index in [9.17, 15) is 75.4 Å². The fourth-order valence-electron chi connectivity index (χ4n) is 5.07. The maximum Gasteiger partial charge on any atom is 0.460 e. The van der Waals surface area contributed by atoms with Crippen LogP contribution in [0, 0.1) is 5.92 Å². The first-order valence-electron chi connectivity index (χ1n) is 16.9. The SMILES string of the molecule is CCCCCCCCCCCCCCCCCOC(=O)C(CC(C)C)N(C)C(=O)C(F)(F)C(F)(F)C(F)(F)C(F)(F)C(F)(F)C(F)(F)C(F)(F)F. The Hall–Kier alpha value is -2.11. The zero-order valence-electron chi connectivity index (χ0n) is 29.0. The molecule has 0 rings (SSSR count). The van der Waals surface area contributed by atoms with Gasteiger partial charge in [-0.25, -0.2) is 4.79 Å². The number of hydrogen-bond donors (Lipinski definition) is 0. The van der Waals surface area contributed by atoms with E-state index in [0.717, 1.165) is 38.5 Å². The smallest absolute Gasteiger partial charge is 0.460 e. The van der Waals surface area contributed by atoms with Gasteiger partial charge in [-0.05, 0) is 18.8 Å². The highest BCUT2D eigenvalue weighted by Gasteiger charge is 2.94. The maximum absolute atomic E-state index is 14.6. The van der Waals surface area contributed by atoms with Gasteiger partial charge < -0.3 is 9.64 Å². The summed E-state index contributed by atoms with van der Waals surface area (Å²) in [4.78, 5) is 24.4. The Bertz CT molecular complexity index is 1050. The summed E-state index contributed by atoms with van der Waals surface area (Å²) in [5, 5.41) is 0. The average Bonchev–Trinajstić information content (AvgIpc) is 3.01. The minimum Gasteiger partial charge on any atom is -0.464 e. The second-order valence-corrected chi connectivity index (χ2v) is 13.1. The van der Waals surface area contributed by atoms with Crippen LogP contribution >= 0.6 is 0 Å². The number of amides is 1. The van der Waals surface area contributed by atoms with Crippen molar-refractivity contribution < 1.29 is 80.2 Å². The molecule has 1 amide bonds. The Morgan fingerprint density at radius 1 is 0.529 bits per heavy atom. The van der Waals surface area contributed by atoms with E-state index in [-0.39, 0.29) is 20.1 Å². The molecule has 0 aromatic heterocycles. The summed E-state index contributed by atoms with van der Waals surface area (Å²) in [5.74, 6) is -54.4. The number of alkyl halides is 15. The molecule has 0 radical (unpaired) electrons. The van der Waals surface area contributed by atoms with Crippen LogP contribution in [0.3, 0.4) is 0 Å². The van der Waals surface area contributed by atoms with Gasteiger partial charge in [-0.1, -0.05) is 111 Å². The predicted molar refractivity (Wildman–Crippen MR) is 158 cm³/mol. The number of esters is 1. The van der Waals surface area contributed by atoms with E-state index in [1.807, 2.05) is 0 Å². The number of unbranched alkanes of at least 4 members (excludes halogenated alkanes) is 14. The molecule has 0 aliphatic heterocycles. The quantitative estimate of drug-likeness (QED) is 0.0499. The second-order valence-electron chi connectivity index (χ2n) is 13.1. The monoisotopic (exact) mass is 779 g/mol. The zero-order chi connectivity index (χ0) is 40.1. The summed E-state index contributed by atoms with van der Waals surface area (Å²) in [6.45, 7) is 4.42. The molecule has 51 heavy (non-hydrogen) atoms. The number of halogens is 15. The Kier molecular flexibility index (Phi) is 19.0. The number of ether oxygens (including phenoxy) is 1. The first-order chi connectivity index (χ1) is 23.1. The highest BCUT2D eigenvalue weighted by atomic mass is 19.4. The molecular weight excluding hydrogens is 731 g/mol. The first-order valence-corrected chi connectivity index (χ1v) is 16.9. The lowest BCUT2D eigenvalue weighted by atomic mass is 9.90. The van der Waals surface area contributed by atoms with Crippen molar-refractivity contribution in [2.45, 2.75) is 171 Å². The highest BCUT2D eigenvalue weighted by Crippen LogP contribution is 2.62. The van der Waals surface area contributed by atoms with Crippen LogP contribution in [0.15, 0.2) is 0 Å². The minimum atomic E-state index is -8.52. The molecule has 0 bridgehead atoms. The molecule has 0 N–H and O–H groups in total. The molecule has 1 atom stereocenters. The normalized spacial score (nSPS) is 14.6. The Balaban J connectivity index is 5.36. The summed E-state index contributed by atoms with van der Waals surface area (Å²) < 4.78 is 209. The topological polar surface area (TPSA) is 46.6 Å². The van der Waals surface area contributed by atoms with E-state index in [0.29, 0.717) is 6.42 Å². The van der Waals surface area contributed by atoms with Crippen molar-refractivity contribution >= 4 is 11.9 Å². The molecule has 1 unspecified atom stereocenters. The fourth-order valence-corrected chi connectivity index (χ4v) is 5.07.